The third-order valence-electron chi connectivity index (χ3n) is 2.91. The monoisotopic (exact) mass is 351 g/mol. The van der Waals surface area contributed by atoms with Crippen LogP contribution in [0.2, 0.25) is 5.02 Å². The molecule has 0 radical (unpaired) electrons. The molecular weight excluding hydrogens is 338 g/mol. The van der Waals surface area contributed by atoms with Gasteiger partial charge in [0, 0.05) is 0 Å². The van der Waals surface area contributed by atoms with E-state index in [1.807, 2.05) is 30.3 Å². The highest BCUT2D eigenvalue weighted by atomic mass is 35.5. The van der Waals surface area contributed by atoms with Gasteiger partial charge in [-0.25, -0.2) is 18.4 Å². The van der Waals surface area contributed by atoms with Crippen LogP contribution in [0.25, 0.3) is 6.08 Å². The van der Waals surface area contributed by atoms with E-state index in [-0.39, 0.29) is 22.1 Å². The largest absolute Gasteiger partial charge is 0.458 e. The number of primary sulfonamides is 1. The molecule has 2 aromatic rings. The SMILES string of the molecule is NS(=O)(=O)c1ccc(Cl)c(C(=O)OC/C=C/c2ccccc2)c1. The van der Waals surface area contributed by atoms with Gasteiger partial charge in [0.2, 0.25) is 10.0 Å². The van der Waals surface area contributed by atoms with Crippen LogP contribution in [0.4, 0.5) is 0 Å². The number of rotatable bonds is 5. The lowest BCUT2D eigenvalue weighted by atomic mass is 10.2. The number of halogens is 1. The lowest BCUT2D eigenvalue weighted by molar-refractivity contribution is 0.0550. The van der Waals surface area contributed by atoms with Crippen molar-refractivity contribution in [3.8, 4) is 0 Å². The number of nitrogens with two attached hydrogens (primary N) is 1. The van der Waals surface area contributed by atoms with Crippen LogP contribution in [0.3, 0.4) is 0 Å². The molecule has 0 aliphatic heterocycles. The average molecular weight is 352 g/mol. The zero-order chi connectivity index (χ0) is 16.9. The smallest absolute Gasteiger partial charge is 0.340 e. The van der Waals surface area contributed by atoms with Crippen LogP contribution < -0.4 is 5.14 Å². The molecule has 0 aromatic heterocycles. The minimum Gasteiger partial charge on any atom is -0.458 e. The van der Waals surface area contributed by atoms with Gasteiger partial charge in [0.25, 0.3) is 0 Å². The van der Waals surface area contributed by atoms with Crippen molar-refractivity contribution in [1.29, 1.82) is 0 Å². The first-order valence-electron chi connectivity index (χ1n) is 6.59. The van der Waals surface area contributed by atoms with Crippen LogP contribution in [0, 0.1) is 0 Å². The summed E-state index contributed by atoms with van der Waals surface area (Å²) >= 11 is 5.90. The van der Waals surface area contributed by atoms with E-state index in [0.717, 1.165) is 11.6 Å². The molecule has 0 bridgehead atoms. The number of hydrogen-bond donors (Lipinski definition) is 1. The minimum absolute atomic E-state index is 0.0314. The summed E-state index contributed by atoms with van der Waals surface area (Å²) in [5, 5.41) is 5.12. The van der Waals surface area contributed by atoms with Crippen molar-refractivity contribution in [2.75, 3.05) is 6.61 Å². The number of carbonyl (C=O) groups excluding carboxylic acids is 1. The summed E-state index contributed by atoms with van der Waals surface area (Å²) in [6.07, 6.45) is 3.47. The van der Waals surface area contributed by atoms with Crippen LogP contribution in [0.1, 0.15) is 15.9 Å². The Kier molecular flexibility index (Phi) is 5.54. The van der Waals surface area contributed by atoms with Crippen molar-refractivity contribution >= 4 is 33.7 Å². The van der Waals surface area contributed by atoms with Crippen molar-refractivity contribution in [1.82, 2.24) is 0 Å². The third kappa shape index (κ3) is 4.92. The Morgan fingerprint density at radius 2 is 1.87 bits per heavy atom. The van der Waals surface area contributed by atoms with Crippen molar-refractivity contribution in [2.24, 2.45) is 5.14 Å². The number of ether oxygens (including phenoxy) is 1. The molecule has 7 heteroatoms. The van der Waals surface area contributed by atoms with Gasteiger partial charge in [0.15, 0.2) is 0 Å². The quantitative estimate of drug-likeness (QED) is 0.839. The van der Waals surface area contributed by atoms with Crippen LogP contribution in [-0.4, -0.2) is 21.0 Å². The molecule has 0 saturated heterocycles. The average Bonchev–Trinajstić information content (AvgIpc) is 2.51. The fourth-order valence-corrected chi connectivity index (χ4v) is 2.52. The first-order valence-corrected chi connectivity index (χ1v) is 8.51. The molecule has 120 valence electrons. The van der Waals surface area contributed by atoms with Crippen molar-refractivity contribution in [2.45, 2.75) is 4.90 Å². The number of hydrogen-bond acceptors (Lipinski definition) is 4. The van der Waals surface area contributed by atoms with E-state index >= 15 is 0 Å². The van der Waals surface area contributed by atoms with E-state index in [9.17, 15) is 13.2 Å². The molecular formula is C16H14ClNO4S. The maximum Gasteiger partial charge on any atom is 0.340 e. The summed E-state index contributed by atoms with van der Waals surface area (Å²) in [5.74, 6) is -0.724. The number of benzene rings is 2. The minimum atomic E-state index is -3.92. The van der Waals surface area contributed by atoms with E-state index in [2.05, 4.69) is 0 Å². The second kappa shape index (κ2) is 7.41. The first kappa shape index (κ1) is 17.2. The number of esters is 1. The second-order valence-electron chi connectivity index (χ2n) is 4.60. The highest BCUT2D eigenvalue weighted by molar-refractivity contribution is 7.89. The van der Waals surface area contributed by atoms with E-state index in [1.54, 1.807) is 12.2 Å². The van der Waals surface area contributed by atoms with E-state index in [4.69, 9.17) is 21.5 Å². The Morgan fingerprint density at radius 1 is 1.17 bits per heavy atom. The normalized spacial score (nSPS) is 11.6. The molecule has 0 heterocycles. The van der Waals surface area contributed by atoms with Gasteiger partial charge < -0.3 is 4.74 Å². The Morgan fingerprint density at radius 3 is 2.52 bits per heavy atom. The molecule has 5 nitrogen and oxygen atoms in total. The maximum absolute atomic E-state index is 12.0. The van der Waals surface area contributed by atoms with Crippen molar-refractivity contribution in [3.05, 3.63) is 70.8 Å². The van der Waals surface area contributed by atoms with Gasteiger partial charge >= 0.3 is 5.97 Å². The third-order valence-corrected chi connectivity index (χ3v) is 4.15. The highest BCUT2D eigenvalue weighted by Gasteiger charge is 2.16. The summed E-state index contributed by atoms with van der Waals surface area (Å²) in [7, 11) is -3.92. The summed E-state index contributed by atoms with van der Waals surface area (Å²) in [4.78, 5) is 11.8. The van der Waals surface area contributed by atoms with E-state index in [1.165, 1.54) is 12.1 Å². The lowest BCUT2D eigenvalue weighted by Gasteiger charge is -2.06. The summed E-state index contributed by atoms with van der Waals surface area (Å²) < 4.78 is 27.7. The molecule has 0 spiro atoms. The molecule has 0 aliphatic rings. The van der Waals surface area contributed by atoms with Crippen LogP contribution in [0.15, 0.2) is 59.5 Å². The first-order chi connectivity index (χ1) is 10.9. The maximum atomic E-state index is 12.0. The predicted octanol–water partition coefficient (Wildman–Crippen LogP) is 2.86. The molecule has 0 atom stereocenters. The fourth-order valence-electron chi connectivity index (χ4n) is 1.79. The molecule has 0 amide bonds. The Labute approximate surface area is 139 Å². The van der Waals surface area contributed by atoms with Crippen LogP contribution in [0.5, 0.6) is 0 Å². The standard InChI is InChI=1S/C16H14ClNO4S/c17-15-9-8-13(23(18,20)21)11-14(15)16(19)22-10-4-7-12-5-2-1-3-6-12/h1-9,11H,10H2,(H2,18,20,21)/b7-4+. The molecule has 2 aromatic carbocycles. The van der Waals surface area contributed by atoms with Crippen LogP contribution >= 0.6 is 11.6 Å². The summed E-state index contributed by atoms with van der Waals surface area (Å²) in [6, 6.07) is 13.1. The predicted molar refractivity (Wildman–Crippen MR) is 88.6 cm³/mol. The van der Waals surface area contributed by atoms with E-state index in [0.29, 0.717) is 0 Å². The molecule has 2 N–H and O–H groups in total. The number of sulfonamides is 1. The van der Waals surface area contributed by atoms with Gasteiger partial charge in [-0.05, 0) is 29.8 Å². The fraction of sp³-hybridized carbons (Fsp3) is 0.0625. The molecule has 2 rings (SSSR count). The topological polar surface area (TPSA) is 86.5 Å². The molecule has 0 fully saturated rings. The zero-order valence-electron chi connectivity index (χ0n) is 12.0. The van der Waals surface area contributed by atoms with Gasteiger partial charge in [0.05, 0.1) is 15.5 Å². The van der Waals surface area contributed by atoms with Gasteiger partial charge in [0.1, 0.15) is 6.61 Å². The molecule has 0 unspecified atom stereocenters. The van der Waals surface area contributed by atoms with Crippen LogP contribution in [-0.2, 0) is 14.8 Å². The molecule has 23 heavy (non-hydrogen) atoms. The van der Waals surface area contributed by atoms with Gasteiger partial charge in [-0.2, -0.15) is 0 Å². The lowest BCUT2D eigenvalue weighted by Crippen LogP contribution is -2.14. The van der Waals surface area contributed by atoms with Crippen molar-refractivity contribution in [3.63, 3.8) is 0 Å². The Hall–Kier alpha value is -2.15. The highest BCUT2D eigenvalue weighted by Crippen LogP contribution is 2.20. The second-order valence-corrected chi connectivity index (χ2v) is 6.57. The van der Waals surface area contributed by atoms with Crippen molar-refractivity contribution < 1.29 is 17.9 Å². The summed E-state index contributed by atoms with van der Waals surface area (Å²) in [6.45, 7) is 0.0314. The Balaban J connectivity index is 2.05. The van der Waals surface area contributed by atoms with Gasteiger partial charge in [-0.1, -0.05) is 48.0 Å². The summed E-state index contributed by atoms with van der Waals surface area (Å²) in [5.41, 5.74) is 0.920. The zero-order valence-corrected chi connectivity index (χ0v) is 13.5. The number of carbonyl (C=O) groups is 1. The van der Waals surface area contributed by atoms with Gasteiger partial charge in [-0.15, -0.1) is 0 Å². The van der Waals surface area contributed by atoms with Gasteiger partial charge in [-0.3, -0.25) is 0 Å². The molecule has 0 saturated carbocycles. The van der Waals surface area contributed by atoms with E-state index < -0.39 is 16.0 Å². The Bertz CT molecular complexity index is 832. The molecule has 0 aliphatic carbocycles.